The van der Waals surface area contributed by atoms with Crippen LogP contribution in [0.1, 0.15) is 12.0 Å². The number of carbonyl (C=O) groups is 1. The maximum Gasteiger partial charge on any atom is 0.304 e. The largest absolute Gasteiger partial charge is 0.481 e. The third-order valence-corrected chi connectivity index (χ3v) is 3.11. The minimum Gasteiger partial charge on any atom is -0.481 e. The Morgan fingerprint density at radius 2 is 2.18 bits per heavy atom. The van der Waals surface area contributed by atoms with E-state index in [2.05, 4.69) is 22.3 Å². The second kappa shape index (κ2) is 5.80. The lowest BCUT2D eigenvalue weighted by Crippen LogP contribution is -2.51. The SMILES string of the molecule is O=C(O)CC1CNCCN1Cc1ccccc1. The molecule has 1 fully saturated rings. The van der Waals surface area contributed by atoms with E-state index in [9.17, 15) is 4.79 Å². The van der Waals surface area contributed by atoms with E-state index >= 15 is 0 Å². The quantitative estimate of drug-likeness (QED) is 0.814. The molecule has 4 nitrogen and oxygen atoms in total. The van der Waals surface area contributed by atoms with Crippen LogP contribution in [0.25, 0.3) is 0 Å². The fourth-order valence-electron chi connectivity index (χ4n) is 2.23. The predicted octanol–water partition coefficient (Wildman–Crippen LogP) is 0.935. The lowest BCUT2D eigenvalue weighted by molar-refractivity contribution is -0.138. The van der Waals surface area contributed by atoms with Gasteiger partial charge in [-0.25, -0.2) is 0 Å². The van der Waals surface area contributed by atoms with Crippen molar-refractivity contribution in [1.29, 1.82) is 0 Å². The molecule has 1 unspecified atom stereocenters. The summed E-state index contributed by atoms with van der Waals surface area (Å²) in [7, 11) is 0. The van der Waals surface area contributed by atoms with Crippen molar-refractivity contribution >= 4 is 5.97 Å². The molecular formula is C13H18N2O2. The first-order valence-corrected chi connectivity index (χ1v) is 5.96. The average Bonchev–Trinajstić information content (AvgIpc) is 2.32. The van der Waals surface area contributed by atoms with Crippen LogP contribution in [0.3, 0.4) is 0 Å². The number of carboxylic acids is 1. The molecule has 0 saturated carbocycles. The third kappa shape index (κ3) is 3.54. The second-order valence-corrected chi connectivity index (χ2v) is 4.41. The van der Waals surface area contributed by atoms with Crippen molar-refractivity contribution in [2.75, 3.05) is 19.6 Å². The molecule has 17 heavy (non-hydrogen) atoms. The number of rotatable bonds is 4. The van der Waals surface area contributed by atoms with Crippen LogP contribution < -0.4 is 5.32 Å². The lowest BCUT2D eigenvalue weighted by Gasteiger charge is -2.35. The van der Waals surface area contributed by atoms with Crippen molar-refractivity contribution in [2.45, 2.75) is 19.0 Å². The van der Waals surface area contributed by atoms with Crippen molar-refractivity contribution in [3.8, 4) is 0 Å². The van der Waals surface area contributed by atoms with Crippen molar-refractivity contribution in [3.05, 3.63) is 35.9 Å². The number of hydrogen-bond acceptors (Lipinski definition) is 3. The zero-order valence-corrected chi connectivity index (χ0v) is 9.80. The molecule has 0 radical (unpaired) electrons. The Balaban J connectivity index is 1.99. The number of benzene rings is 1. The Morgan fingerprint density at radius 1 is 1.41 bits per heavy atom. The van der Waals surface area contributed by atoms with E-state index in [0.717, 1.165) is 26.2 Å². The summed E-state index contributed by atoms with van der Waals surface area (Å²) in [6.07, 6.45) is 0.208. The van der Waals surface area contributed by atoms with Gasteiger partial charge in [0, 0.05) is 32.2 Å². The molecule has 1 aliphatic rings. The molecule has 1 aromatic carbocycles. The van der Waals surface area contributed by atoms with Gasteiger partial charge in [-0.2, -0.15) is 0 Å². The summed E-state index contributed by atoms with van der Waals surface area (Å²) in [5.41, 5.74) is 1.24. The molecule has 0 amide bonds. The first-order valence-electron chi connectivity index (χ1n) is 5.96. The molecule has 2 rings (SSSR count). The van der Waals surface area contributed by atoms with Gasteiger partial charge >= 0.3 is 5.97 Å². The lowest BCUT2D eigenvalue weighted by atomic mass is 10.1. The van der Waals surface area contributed by atoms with Crippen LogP contribution in [0.15, 0.2) is 30.3 Å². The molecule has 1 saturated heterocycles. The van der Waals surface area contributed by atoms with E-state index in [1.807, 2.05) is 18.2 Å². The van der Waals surface area contributed by atoms with E-state index in [1.165, 1.54) is 5.56 Å². The van der Waals surface area contributed by atoms with Gasteiger partial charge in [0.15, 0.2) is 0 Å². The first kappa shape index (κ1) is 12.1. The number of carboxylic acid groups (broad SMARTS) is 1. The van der Waals surface area contributed by atoms with Crippen molar-refractivity contribution in [1.82, 2.24) is 10.2 Å². The summed E-state index contributed by atoms with van der Waals surface area (Å²) in [4.78, 5) is 13.1. The number of hydrogen-bond donors (Lipinski definition) is 2. The molecule has 0 aliphatic carbocycles. The van der Waals surface area contributed by atoms with Crippen LogP contribution in [-0.2, 0) is 11.3 Å². The van der Waals surface area contributed by atoms with Gasteiger partial charge in [-0.3, -0.25) is 9.69 Å². The maximum atomic E-state index is 10.8. The fourth-order valence-corrected chi connectivity index (χ4v) is 2.23. The maximum absolute atomic E-state index is 10.8. The highest BCUT2D eigenvalue weighted by Crippen LogP contribution is 2.12. The molecular weight excluding hydrogens is 216 g/mol. The normalized spacial score (nSPS) is 21.3. The van der Waals surface area contributed by atoms with E-state index < -0.39 is 5.97 Å². The minimum absolute atomic E-state index is 0.0986. The number of aliphatic carboxylic acids is 1. The standard InChI is InChI=1S/C13H18N2O2/c16-13(17)8-12-9-14-6-7-15(12)10-11-4-2-1-3-5-11/h1-5,12,14H,6-10H2,(H,16,17). The molecule has 4 heteroatoms. The molecule has 1 aromatic rings. The minimum atomic E-state index is -0.725. The summed E-state index contributed by atoms with van der Waals surface area (Å²) in [6.45, 7) is 3.44. The van der Waals surface area contributed by atoms with Crippen molar-refractivity contribution < 1.29 is 9.90 Å². The number of nitrogens with zero attached hydrogens (tertiary/aromatic N) is 1. The molecule has 1 aliphatic heterocycles. The Kier molecular flexibility index (Phi) is 4.12. The zero-order valence-electron chi connectivity index (χ0n) is 9.80. The molecule has 1 heterocycles. The third-order valence-electron chi connectivity index (χ3n) is 3.11. The molecule has 2 N–H and O–H groups in total. The summed E-state index contributed by atoms with van der Waals surface area (Å²) >= 11 is 0. The van der Waals surface area contributed by atoms with Crippen LogP contribution in [-0.4, -0.2) is 41.7 Å². The van der Waals surface area contributed by atoms with Gasteiger partial charge in [-0.15, -0.1) is 0 Å². The Bertz CT molecular complexity index is 367. The molecule has 0 spiro atoms. The van der Waals surface area contributed by atoms with Crippen LogP contribution in [0, 0.1) is 0 Å². The molecule has 0 aromatic heterocycles. The van der Waals surface area contributed by atoms with Crippen LogP contribution in [0.2, 0.25) is 0 Å². The van der Waals surface area contributed by atoms with Gasteiger partial charge in [0.05, 0.1) is 6.42 Å². The van der Waals surface area contributed by atoms with Gasteiger partial charge in [-0.05, 0) is 5.56 Å². The Labute approximate surface area is 101 Å². The summed E-state index contributed by atoms with van der Waals surface area (Å²) in [5, 5.41) is 12.1. The number of piperazine rings is 1. The second-order valence-electron chi connectivity index (χ2n) is 4.41. The van der Waals surface area contributed by atoms with E-state index in [-0.39, 0.29) is 12.5 Å². The Hall–Kier alpha value is -1.39. The predicted molar refractivity (Wildman–Crippen MR) is 65.8 cm³/mol. The average molecular weight is 234 g/mol. The fraction of sp³-hybridized carbons (Fsp3) is 0.462. The topological polar surface area (TPSA) is 52.6 Å². The Morgan fingerprint density at radius 3 is 2.88 bits per heavy atom. The van der Waals surface area contributed by atoms with Gasteiger partial charge < -0.3 is 10.4 Å². The monoisotopic (exact) mass is 234 g/mol. The van der Waals surface area contributed by atoms with E-state index in [4.69, 9.17) is 5.11 Å². The molecule has 1 atom stereocenters. The van der Waals surface area contributed by atoms with Gasteiger partial charge in [0.1, 0.15) is 0 Å². The van der Waals surface area contributed by atoms with E-state index in [0.29, 0.717) is 0 Å². The molecule has 0 bridgehead atoms. The van der Waals surface area contributed by atoms with Crippen LogP contribution in [0.5, 0.6) is 0 Å². The zero-order chi connectivity index (χ0) is 12.1. The smallest absolute Gasteiger partial charge is 0.304 e. The summed E-state index contributed by atoms with van der Waals surface area (Å²) in [5.74, 6) is -0.725. The van der Waals surface area contributed by atoms with Crippen LogP contribution >= 0.6 is 0 Å². The van der Waals surface area contributed by atoms with Gasteiger partial charge in [0.25, 0.3) is 0 Å². The van der Waals surface area contributed by atoms with Crippen LogP contribution in [0.4, 0.5) is 0 Å². The molecule has 92 valence electrons. The van der Waals surface area contributed by atoms with Crippen molar-refractivity contribution in [2.24, 2.45) is 0 Å². The van der Waals surface area contributed by atoms with Crippen molar-refractivity contribution in [3.63, 3.8) is 0 Å². The summed E-state index contributed by atoms with van der Waals surface area (Å²) in [6, 6.07) is 10.3. The highest BCUT2D eigenvalue weighted by molar-refractivity contribution is 5.67. The first-order chi connectivity index (χ1) is 8.25. The van der Waals surface area contributed by atoms with Gasteiger partial charge in [-0.1, -0.05) is 30.3 Å². The summed E-state index contributed by atoms with van der Waals surface area (Å²) < 4.78 is 0. The highest BCUT2D eigenvalue weighted by Gasteiger charge is 2.24. The van der Waals surface area contributed by atoms with E-state index in [1.54, 1.807) is 0 Å². The van der Waals surface area contributed by atoms with Gasteiger partial charge in [0.2, 0.25) is 0 Å². The number of nitrogens with one attached hydrogen (secondary N) is 1. The highest BCUT2D eigenvalue weighted by atomic mass is 16.4.